The standard InChI is InChI=1S/C27H22N6O/c1-17-16-34-12-11-33(17)27-23-13-18(19-5-7-20(14-28)30-15-19)6-8-25(23)31-26(32-27)22-3-2-4-24-21(22)9-10-29-24/h2-10,13,15,17,29H,11-12,16H2,1H3. The molecule has 6 rings (SSSR count). The Bertz CT molecular complexity index is 1550. The summed E-state index contributed by atoms with van der Waals surface area (Å²) in [5, 5.41) is 11.2. The molecule has 1 aliphatic rings. The van der Waals surface area contributed by atoms with Gasteiger partial charge in [-0.3, -0.25) is 0 Å². The lowest BCUT2D eigenvalue weighted by Crippen LogP contribution is -2.44. The first-order chi connectivity index (χ1) is 16.7. The highest BCUT2D eigenvalue weighted by molar-refractivity contribution is 5.98. The first kappa shape index (κ1) is 20.3. The topological polar surface area (TPSA) is 90.7 Å². The van der Waals surface area contributed by atoms with Crippen molar-refractivity contribution in [3.05, 3.63) is 72.7 Å². The molecule has 0 bridgehead atoms. The van der Waals surface area contributed by atoms with Gasteiger partial charge in [-0.05, 0) is 48.9 Å². The van der Waals surface area contributed by atoms with Crippen molar-refractivity contribution in [1.82, 2.24) is 19.9 Å². The fraction of sp³-hybridized carbons (Fsp3) is 0.185. The molecule has 1 unspecified atom stereocenters. The van der Waals surface area contributed by atoms with E-state index in [1.165, 1.54) is 0 Å². The van der Waals surface area contributed by atoms with Crippen LogP contribution in [0.15, 0.2) is 67.0 Å². The highest BCUT2D eigenvalue weighted by atomic mass is 16.5. The fourth-order valence-corrected chi connectivity index (χ4v) is 4.58. The zero-order chi connectivity index (χ0) is 23.1. The Balaban J connectivity index is 1.56. The number of nitrogens with one attached hydrogen (secondary N) is 1. The molecule has 7 nitrogen and oxygen atoms in total. The molecule has 0 spiro atoms. The first-order valence-electron chi connectivity index (χ1n) is 11.3. The third-order valence-corrected chi connectivity index (χ3v) is 6.36. The van der Waals surface area contributed by atoms with Crippen molar-refractivity contribution in [2.45, 2.75) is 13.0 Å². The molecule has 0 saturated carbocycles. The van der Waals surface area contributed by atoms with Crippen LogP contribution >= 0.6 is 0 Å². The summed E-state index contributed by atoms with van der Waals surface area (Å²) < 4.78 is 5.70. The molecular formula is C27H22N6O. The Morgan fingerprint density at radius 1 is 1.06 bits per heavy atom. The number of aromatic amines is 1. The summed E-state index contributed by atoms with van der Waals surface area (Å²) in [5.41, 5.74) is 5.31. The van der Waals surface area contributed by atoms with Gasteiger partial charge in [-0.1, -0.05) is 18.2 Å². The second kappa shape index (κ2) is 8.25. The minimum absolute atomic E-state index is 0.197. The number of rotatable bonds is 3. The minimum Gasteiger partial charge on any atom is -0.377 e. The number of nitriles is 1. The van der Waals surface area contributed by atoms with Crippen LogP contribution in [0.25, 0.3) is 44.3 Å². The van der Waals surface area contributed by atoms with Crippen LogP contribution in [0, 0.1) is 11.3 Å². The second-order valence-corrected chi connectivity index (χ2v) is 8.51. The molecule has 1 atom stereocenters. The van der Waals surface area contributed by atoms with Crippen LogP contribution < -0.4 is 4.90 Å². The zero-order valence-electron chi connectivity index (χ0n) is 18.7. The van der Waals surface area contributed by atoms with Crippen LogP contribution in [-0.4, -0.2) is 45.7 Å². The molecule has 2 aromatic carbocycles. The third kappa shape index (κ3) is 3.45. The maximum absolute atomic E-state index is 9.07. The predicted octanol–water partition coefficient (Wildman–Crippen LogP) is 4.94. The van der Waals surface area contributed by atoms with E-state index >= 15 is 0 Å². The van der Waals surface area contributed by atoms with Gasteiger partial charge in [0.1, 0.15) is 17.6 Å². The number of pyridine rings is 1. The van der Waals surface area contributed by atoms with Gasteiger partial charge in [0.25, 0.3) is 0 Å². The molecule has 3 aromatic heterocycles. The van der Waals surface area contributed by atoms with Gasteiger partial charge < -0.3 is 14.6 Å². The number of fused-ring (bicyclic) bond motifs is 2. The van der Waals surface area contributed by atoms with Crippen LogP contribution in [-0.2, 0) is 4.74 Å². The van der Waals surface area contributed by atoms with E-state index in [1.807, 2.05) is 30.5 Å². The molecule has 0 radical (unpaired) electrons. The summed E-state index contributed by atoms with van der Waals surface area (Å²) in [6.07, 6.45) is 3.68. The highest BCUT2D eigenvalue weighted by Gasteiger charge is 2.24. The molecule has 1 aliphatic heterocycles. The number of hydrogen-bond acceptors (Lipinski definition) is 6. The van der Waals surface area contributed by atoms with E-state index < -0.39 is 0 Å². The molecule has 1 fully saturated rings. The monoisotopic (exact) mass is 446 g/mol. The quantitative estimate of drug-likeness (QED) is 0.422. The number of ether oxygens (including phenoxy) is 1. The summed E-state index contributed by atoms with van der Waals surface area (Å²) in [6, 6.07) is 20.4. The molecule has 5 aromatic rings. The van der Waals surface area contributed by atoms with Gasteiger partial charge in [-0.2, -0.15) is 5.26 Å². The van der Waals surface area contributed by atoms with E-state index in [2.05, 4.69) is 52.1 Å². The van der Waals surface area contributed by atoms with Gasteiger partial charge in [0.2, 0.25) is 0 Å². The summed E-state index contributed by atoms with van der Waals surface area (Å²) in [4.78, 5) is 19.9. The predicted molar refractivity (Wildman–Crippen MR) is 132 cm³/mol. The van der Waals surface area contributed by atoms with Crippen LogP contribution in [0.2, 0.25) is 0 Å². The molecule has 1 saturated heterocycles. The third-order valence-electron chi connectivity index (χ3n) is 6.36. The number of H-pyrrole nitrogens is 1. The van der Waals surface area contributed by atoms with E-state index in [0.717, 1.165) is 50.9 Å². The molecule has 166 valence electrons. The lowest BCUT2D eigenvalue weighted by molar-refractivity contribution is 0.0987. The zero-order valence-corrected chi connectivity index (χ0v) is 18.7. The Morgan fingerprint density at radius 2 is 1.97 bits per heavy atom. The van der Waals surface area contributed by atoms with Gasteiger partial charge in [0.05, 0.1) is 24.8 Å². The lowest BCUT2D eigenvalue weighted by Gasteiger charge is -2.35. The van der Waals surface area contributed by atoms with E-state index in [9.17, 15) is 0 Å². The summed E-state index contributed by atoms with van der Waals surface area (Å²) in [6.45, 7) is 4.25. The van der Waals surface area contributed by atoms with Crippen molar-refractivity contribution >= 4 is 27.6 Å². The van der Waals surface area contributed by atoms with Crippen molar-refractivity contribution < 1.29 is 4.74 Å². The number of morpholine rings is 1. The Morgan fingerprint density at radius 3 is 2.79 bits per heavy atom. The number of aromatic nitrogens is 4. The lowest BCUT2D eigenvalue weighted by atomic mass is 10.0. The van der Waals surface area contributed by atoms with Gasteiger partial charge in [0.15, 0.2) is 5.82 Å². The van der Waals surface area contributed by atoms with Gasteiger partial charge in [0, 0.05) is 46.4 Å². The number of anilines is 1. The van der Waals surface area contributed by atoms with Crippen LogP contribution in [0.1, 0.15) is 12.6 Å². The Labute approximate surface area is 196 Å². The average Bonchev–Trinajstić information content (AvgIpc) is 3.37. The molecular weight excluding hydrogens is 424 g/mol. The fourth-order valence-electron chi connectivity index (χ4n) is 4.58. The summed E-state index contributed by atoms with van der Waals surface area (Å²) in [5.74, 6) is 1.62. The van der Waals surface area contributed by atoms with E-state index in [-0.39, 0.29) is 6.04 Å². The Kier molecular flexibility index (Phi) is 4.93. The highest BCUT2D eigenvalue weighted by Crippen LogP contribution is 2.34. The molecule has 34 heavy (non-hydrogen) atoms. The molecule has 1 N–H and O–H groups in total. The number of nitrogens with zero attached hydrogens (tertiary/aromatic N) is 5. The van der Waals surface area contributed by atoms with Gasteiger partial charge in [-0.25, -0.2) is 15.0 Å². The minimum atomic E-state index is 0.197. The maximum atomic E-state index is 9.07. The van der Waals surface area contributed by atoms with E-state index in [4.69, 9.17) is 20.0 Å². The van der Waals surface area contributed by atoms with Crippen molar-refractivity contribution in [3.63, 3.8) is 0 Å². The van der Waals surface area contributed by atoms with Gasteiger partial charge in [-0.15, -0.1) is 0 Å². The largest absolute Gasteiger partial charge is 0.377 e. The molecule has 0 aliphatic carbocycles. The normalized spacial score (nSPS) is 16.1. The van der Waals surface area contributed by atoms with Crippen molar-refractivity contribution in [2.75, 3.05) is 24.7 Å². The molecule has 7 heteroatoms. The average molecular weight is 447 g/mol. The van der Waals surface area contributed by atoms with Crippen LogP contribution in [0.5, 0.6) is 0 Å². The van der Waals surface area contributed by atoms with E-state index in [0.29, 0.717) is 24.7 Å². The first-order valence-corrected chi connectivity index (χ1v) is 11.3. The summed E-state index contributed by atoms with van der Waals surface area (Å²) in [7, 11) is 0. The SMILES string of the molecule is CC1COCCN1c1nc(-c2cccc3[nH]ccc23)nc2ccc(-c3ccc(C#N)nc3)cc12. The van der Waals surface area contributed by atoms with Crippen molar-refractivity contribution in [1.29, 1.82) is 5.26 Å². The van der Waals surface area contributed by atoms with Crippen molar-refractivity contribution in [2.24, 2.45) is 0 Å². The summed E-state index contributed by atoms with van der Waals surface area (Å²) >= 11 is 0. The van der Waals surface area contributed by atoms with Crippen molar-refractivity contribution in [3.8, 4) is 28.6 Å². The van der Waals surface area contributed by atoms with Gasteiger partial charge >= 0.3 is 0 Å². The van der Waals surface area contributed by atoms with Crippen LogP contribution in [0.4, 0.5) is 5.82 Å². The maximum Gasteiger partial charge on any atom is 0.162 e. The Hall–Kier alpha value is -4.28. The number of hydrogen-bond donors (Lipinski definition) is 1. The smallest absolute Gasteiger partial charge is 0.162 e. The van der Waals surface area contributed by atoms with Crippen LogP contribution in [0.3, 0.4) is 0 Å². The van der Waals surface area contributed by atoms with E-state index in [1.54, 1.807) is 12.3 Å². The molecule has 4 heterocycles. The molecule has 0 amide bonds. The number of benzene rings is 2. The second-order valence-electron chi connectivity index (χ2n) is 8.51.